The van der Waals surface area contributed by atoms with E-state index in [0.717, 1.165) is 27.9 Å². The van der Waals surface area contributed by atoms with Crippen molar-refractivity contribution in [2.24, 2.45) is 16.2 Å². The number of rotatable bonds is 12. The van der Waals surface area contributed by atoms with Crippen molar-refractivity contribution >= 4 is 46.2 Å². The van der Waals surface area contributed by atoms with Gasteiger partial charge in [0.25, 0.3) is 0 Å². The van der Waals surface area contributed by atoms with Crippen molar-refractivity contribution in [1.29, 1.82) is 0 Å². The summed E-state index contributed by atoms with van der Waals surface area (Å²) in [4.78, 5) is 77.8. The third-order valence-electron chi connectivity index (χ3n) is 7.99. The van der Waals surface area contributed by atoms with Crippen LogP contribution in [0.25, 0.3) is 0 Å². The molecule has 55 heavy (non-hydrogen) atoms. The average Bonchev–Trinajstić information content (AvgIpc) is 2.98. The third kappa shape index (κ3) is 12.0. The van der Waals surface area contributed by atoms with Crippen molar-refractivity contribution in [2.75, 3.05) is 13.7 Å². The molecule has 10 atom stereocenters. The Balaban J connectivity index is 3.08. The van der Waals surface area contributed by atoms with Gasteiger partial charge in [0, 0.05) is 21.0 Å². The maximum absolute atomic E-state index is 13.6. The fourth-order valence-electron chi connectivity index (χ4n) is 5.20. The predicted molar refractivity (Wildman–Crippen MR) is 181 cm³/mol. The largest absolute Gasteiger partial charge is 0.479 e. The highest BCUT2D eigenvalue weighted by Gasteiger charge is 2.67. The molecule has 2 fully saturated rings. The average molecular weight is 816 g/mol. The van der Waals surface area contributed by atoms with Crippen LogP contribution in [0, 0.1) is 16.2 Å². The molecule has 0 radical (unpaired) electrons. The van der Waals surface area contributed by atoms with Gasteiger partial charge in [-0.25, -0.2) is 8.98 Å². The summed E-state index contributed by atoms with van der Waals surface area (Å²) in [5.74, 6) is -9.67. The lowest BCUT2D eigenvalue weighted by molar-refractivity contribution is -0.412. The van der Waals surface area contributed by atoms with Crippen LogP contribution in [0.15, 0.2) is 0 Å². The molecule has 22 heteroatoms. The van der Waals surface area contributed by atoms with Crippen LogP contribution in [0.1, 0.15) is 83.1 Å². The molecular formula is C33H53NO20S. The van der Waals surface area contributed by atoms with Gasteiger partial charge in [-0.05, 0) is 69.2 Å². The summed E-state index contributed by atoms with van der Waals surface area (Å²) >= 11 is 0. The molecule has 0 bridgehead atoms. The zero-order valence-corrected chi connectivity index (χ0v) is 33.8. The van der Waals surface area contributed by atoms with E-state index in [1.165, 1.54) is 62.3 Å². The predicted octanol–water partition coefficient (Wildman–Crippen LogP) is 0.392. The first-order chi connectivity index (χ1) is 24.7. The molecular weight excluding hydrogens is 762 g/mol. The van der Waals surface area contributed by atoms with Gasteiger partial charge in [-0.3, -0.25) is 28.5 Å². The molecule has 0 aromatic carbocycles. The van der Waals surface area contributed by atoms with Crippen LogP contribution < -0.4 is 5.32 Å². The summed E-state index contributed by atoms with van der Waals surface area (Å²) < 4.78 is 84.6. The zero-order chi connectivity index (χ0) is 42.9. The molecule has 2 heterocycles. The van der Waals surface area contributed by atoms with E-state index in [1.807, 2.05) is 0 Å². The molecule has 0 spiro atoms. The van der Waals surface area contributed by atoms with E-state index in [-0.39, 0.29) is 0 Å². The minimum Gasteiger partial charge on any atom is -0.479 e. The summed E-state index contributed by atoms with van der Waals surface area (Å²) in [6, 6.07) is 0. The number of aliphatic hydroxyl groups is 1. The van der Waals surface area contributed by atoms with Crippen molar-refractivity contribution in [3.8, 4) is 0 Å². The number of carboxylic acids is 1. The quantitative estimate of drug-likeness (QED) is 0.0897. The number of hydrogen-bond acceptors (Lipinski definition) is 18. The van der Waals surface area contributed by atoms with Crippen LogP contribution in [0.3, 0.4) is 0 Å². The lowest BCUT2D eigenvalue weighted by Crippen LogP contribution is -2.77. The number of amides is 1. The molecule has 1 amide bonds. The fourth-order valence-corrected chi connectivity index (χ4v) is 5.71. The van der Waals surface area contributed by atoms with Crippen molar-refractivity contribution < 1.29 is 94.0 Å². The molecule has 4 N–H and O–H groups in total. The van der Waals surface area contributed by atoms with Gasteiger partial charge in [0.05, 0.1) is 16.2 Å². The van der Waals surface area contributed by atoms with Crippen LogP contribution in [0.2, 0.25) is 0 Å². The Labute approximate surface area is 318 Å². The van der Waals surface area contributed by atoms with E-state index >= 15 is 0 Å². The van der Waals surface area contributed by atoms with Gasteiger partial charge in [-0.1, -0.05) is 0 Å². The Morgan fingerprint density at radius 3 is 1.65 bits per heavy atom. The van der Waals surface area contributed by atoms with E-state index < -0.39 is 130 Å². The maximum Gasteiger partial charge on any atom is 0.397 e. The number of hydrogen-bond donors (Lipinski definition) is 4. The van der Waals surface area contributed by atoms with Gasteiger partial charge in [-0.2, -0.15) is 8.42 Å². The number of aliphatic carboxylic acids is 1. The molecule has 21 nitrogen and oxygen atoms in total. The third-order valence-corrected chi connectivity index (χ3v) is 8.46. The number of carboxylic acid groups (broad SMARTS) is 1. The smallest absolute Gasteiger partial charge is 0.397 e. The topological polar surface area (TPSA) is 292 Å². The molecule has 2 saturated heterocycles. The van der Waals surface area contributed by atoms with E-state index in [4.69, 9.17) is 42.1 Å². The number of methoxy groups -OCH3 is 1. The molecule has 316 valence electrons. The summed E-state index contributed by atoms with van der Waals surface area (Å²) in [6.45, 7) is 14.9. The molecule has 0 unspecified atom stereocenters. The number of carbonyl (C=O) groups excluding carboxylic acids is 5. The molecule has 2 aliphatic heterocycles. The molecule has 0 saturated carbocycles. The van der Waals surface area contributed by atoms with Crippen LogP contribution in [-0.2, 0) is 81.2 Å². The number of carbonyl (C=O) groups is 6. The SMILES string of the molecule is CO[C@H]1O[C@H](COC(C)=O)[C@@H](OS(=O)(=O)O)[C@H](O[C@]2(C)O[C@H](C(=O)O)[C@@H](OC(=O)C(C)(C)C)[C@H](OC(=O)C(C)(C)C)[C@H]2OC(=O)C(C)(C)C)[C@]1(O)NC(C)=O. The highest BCUT2D eigenvalue weighted by Crippen LogP contribution is 2.43. The fraction of sp³-hybridized carbons (Fsp3) is 0.818. The lowest BCUT2D eigenvalue weighted by atomic mass is 9.88. The van der Waals surface area contributed by atoms with Gasteiger partial charge in [0.2, 0.25) is 23.7 Å². The van der Waals surface area contributed by atoms with Gasteiger partial charge in [-0.15, -0.1) is 0 Å². The lowest BCUT2D eigenvalue weighted by Gasteiger charge is -2.55. The van der Waals surface area contributed by atoms with Gasteiger partial charge in [0.1, 0.15) is 24.9 Å². The van der Waals surface area contributed by atoms with E-state index in [2.05, 4.69) is 5.32 Å². The second-order valence-corrected chi connectivity index (χ2v) is 17.3. The Hall–Kier alpha value is -3.51. The van der Waals surface area contributed by atoms with Crippen LogP contribution in [0.5, 0.6) is 0 Å². The summed E-state index contributed by atoms with van der Waals surface area (Å²) in [7, 11) is -4.58. The normalized spacial score (nSPS) is 31.8. The minimum absolute atomic E-state index is 0.861. The molecule has 2 aliphatic rings. The standard InChI is InChI=1S/C33H53NO20S/c1-15(35)34-33(42)23(18(54-55(43,44)45)17(14-47-16(2)36)48-28(33)46-13)53-32(12)22(51-27(41)31(9,10)11)20(50-26(40)30(6,7)8)19(21(52-32)24(37)38)49-25(39)29(3,4)5/h17-23,28,42H,14H2,1-13H3,(H,34,35)(H,37,38)(H,43,44,45)/t17-,18-,19+,20+,21+,22-,23+,28+,32+,33-/m1/s1. The Morgan fingerprint density at radius 1 is 0.782 bits per heavy atom. The Bertz CT molecular complexity index is 1580. The van der Waals surface area contributed by atoms with Crippen molar-refractivity contribution in [3.05, 3.63) is 0 Å². The summed E-state index contributed by atoms with van der Waals surface area (Å²) in [6.07, 6.45) is -17.3. The van der Waals surface area contributed by atoms with E-state index in [1.54, 1.807) is 0 Å². The summed E-state index contributed by atoms with van der Waals surface area (Å²) in [5.41, 5.74) is -7.01. The molecule has 0 aromatic heterocycles. The first kappa shape index (κ1) is 47.6. The van der Waals surface area contributed by atoms with Crippen molar-refractivity contribution in [3.63, 3.8) is 0 Å². The zero-order valence-electron chi connectivity index (χ0n) is 33.0. The van der Waals surface area contributed by atoms with Gasteiger partial charge in [0.15, 0.2) is 24.4 Å². The van der Waals surface area contributed by atoms with E-state index in [0.29, 0.717) is 0 Å². The highest BCUT2D eigenvalue weighted by atomic mass is 32.3. The number of ether oxygens (including phenoxy) is 8. The first-order valence-electron chi connectivity index (χ1n) is 16.9. The highest BCUT2D eigenvalue weighted by molar-refractivity contribution is 7.80. The molecule has 0 aliphatic carbocycles. The molecule has 0 aromatic rings. The Morgan fingerprint density at radius 2 is 1.25 bits per heavy atom. The number of nitrogens with one attached hydrogen (secondary N) is 1. The van der Waals surface area contributed by atoms with Crippen molar-refractivity contribution in [2.45, 2.75) is 144 Å². The second kappa shape index (κ2) is 16.9. The maximum atomic E-state index is 13.6. The van der Waals surface area contributed by atoms with Gasteiger partial charge < -0.3 is 53.4 Å². The summed E-state index contributed by atoms with van der Waals surface area (Å²) in [5, 5.41) is 24.7. The molecule has 2 rings (SSSR count). The van der Waals surface area contributed by atoms with Crippen molar-refractivity contribution in [1.82, 2.24) is 5.32 Å². The van der Waals surface area contributed by atoms with Crippen LogP contribution in [0.4, 0.5) is 0 Å². The Kier molecular flexibility index (Phi) is 14.7. The van der Waals surface area contributed by atoms with Gasteiger partial charge >= 0.3 is 40.2 Å². The monoisotopic (exact) mass is 815 g/mol. The first-order valence-corrected chi connectivity index (χ1v) is 18.2. The second-order valence-electron chi connectivity index (χ2n) is 16.3. The minimum atomic E-state index is -5.56. The van der Waals surface area contributed by atoms with E-state index in [9.17, 15) is 52.0 Å². The van der Waals surface area contributed by atoms with Crippen LogP contribution >= 0.6 is 0 Å². The van der Waals surface area contributed by atoms with Crippen LogP contribution in [-0.4, -0.2) is 133 Å². The number of esters is 4.